The Kier molecular flexibility index (Phi) is 4.44. The van der Waals surface area contributed by atoms with Gasteiger partial charge >= 0.3 is 0 Å². The first kappa shape index (κ1) is 18.3. The van der Waals surface area contributed by atoms with Crippen LogP contribution in [-0.2, 0) is 0 Å². The summed E-state index contributed by atoms with van der Waals surface area (Å²) in [4.78, 5) is 11.1. The highest BCUT2D eigenvalue weighted by Gasteiger charge is 2.16. The summed E-state index contributed by atoms with van der Waals surface area (Å²) in [6.45, 7) is 0. The molecule has 5 rings (SSSR count). The maximum atomic E-state index is 6.23. The predicted octanol–water partition coefficient (Wildman–Crippen LogP) is 4.77. The molecule has 0 fully saturated rings. The van der Waals surface area contributed by atoms with Crippen molar-refractivity contribution in [2.45, 2.75) is 0 Å². The summed E-state index contributed by atoms with van der Waals surface area (Å²) in [5.74, 6) is 1.81. The molecule has 2 aromatic carbocycles. The molecule has 0 spiro atoms. The molecule has 0 N–H and O–H groups in total. The van der Waals surface area contributed by atoms with E-state index in [9.17, 15) is 0 Å². The van der Waals surface area contributed by atoms with Crippen molar-refractivity contribution in [1.29, 1.82) is 0 Å². The maximum Gasteiger partial charge on any atom is 0.258 e. The molecule has 0 unspecified atom stereocenters. The fourth-order valence-electron chi connectivity index (χ4n) is 3.49. The Morgan fingerprint density at radius 3 is 2.63 bits per heavy atom. The fourth-order valence-corrected chi connectivity index (χ4v) is 3.70. The Morgan fingerprint density at radius 2 is 1.83 bits per heavy atom. The third-order valence-corrected chi connectivity index (χ3v) is 5.27. The summed E-state index contributed by atoms with van der Waals surface area (Å²) in [6.07, 6.45) is 1.80. The Balaban J connectivity index is 1.62. The minimum absolute atomic E-state index is 0.289. The zero-order valence-corrected chi connectivity index (χ0v) is 17.1. The number of halogens is 1. The molecule has 3 aromatic heterocycles. The largest absolute Gasteiger partial charge is 0.481 e. The lowest BCUT2D eigenvalue weighted by atomic mass is 10.1. The number of ether oxygens (including phenoxy) is 1. The SMILES string of the molecule is COc1ccc(-c2cccc(N(C)c3nc4nnc(Cl)n4c4ccccc34)c2)cn1. The summed E-state index contributed by atoms with van der Waals surface area (Å²) < 4.78 is 6.90. The maximum absolute atomic E-state index is 6.23. The van der Waals surface area contributed by atoms with Crippen molar-refractivity contribution in [1.82, 2.24) is 24.6 Å². The van der Waals surface area contributed by atoms with Crippen LogP contribution in [0.25, 0.3) is 27.8 Å². The van der Waals surface area contributed by atoms with Gasteiger partial charge in [0, 0.05) is 35.9 Å². The number of hydrogen-bond donors (Lipinski definition) is 0. The molecule has 7 nitrogen and oxygen atoms in total. The first-order chi connectivity index (χ1) is 14.7. The van der Waals surface area contributed by atoms with Gasteiger partial charge in [-0.05, 0) is 47.5 Å². The van der Waals surface area contributed by atoms with Gasteiger partial charge in [-0.15, -0.1) is 10.2 Å². The van der Waals surface area contributed by atoms with Crippen LogP contribution in [0.15, 0.2) is 66.9 Å². The number of nitrogens with zero attached hydrogens (tertiary/aromatic N) is 6. The van der Waals surface area contributed by atoms with Gasteiger partial charge in [0.05, 0.1) is 12.6 Å². The van der Waals surface area contributed by atoms with Crippen molar-refractivity contribution in [3.05, 3.63) is 72.1 Å². The van der Waals surface area contributed by atoms with Gasteiger partial charge in [0.1, 0.15) is 5.82 Å². The second-order valence-corrected chi connectivity index (χ2v) is 7.09. The second-order valence-electron chi connectivity index (χ2n) is 6.76. The molecular formula is C22H17ClN6O. The summed E-state index contributed by atoms with van der Waals surface area (Å²) >= 11 is 6.23. The van der Waals surface area contributed by atoms with Crippen molar-refractivity contribution in [2.75, 3.05) is 19.1 Å². The van der Waals surface area contributed by atoms with Crippen LogP contribution in [-0.4, -0.2) is 38.7 Å². The smallest absolute Gasteiger partial charge is 0.258 e. The molecule has 0 amide bonds. The number of hydrogen-bond acceptors (Lipinski definition) is 6. The molecule has 0 saturated heterocycles. The lowest BCUT2D eigenvalue weighted by molar-refractivity contribution is 0.398. The van der Waals surface area contributed by atoms with Gasteiger partial charge in [0.25, 0.3) is 5.78 Å². The van der Waals surface area contributed by atoms with Gasteiger partial charge in [-0.1, -0.05) is 24.3 Å². The number of rotatable bonds is 4. The highest BCUT2D eigenvalue weighted by molar-refractivity contribution is 6.29. The third kappa shape index (κ3) is 3.00. The number of aromatic nitrogens is 5. The van der Waals surface area contributed by atoms with Gasteiger partial charge in [-0.25, -0.2) is 9.38 Å². The number of pyridine rings is 1. The molecule has 3 heterocycles. The second kappa shape index (κ2) is 7.27. The average Bonchev–Trinajstić information content (AvgIpc) is 3.19. The zero-order chi connectivity index (χ0) is 20.7. The topological polar surface area (TPSA) is 68.4 Å². The van der Waals surface area contributed by atoms with Crippen LogP contribution < -0.4 is 9.64 Å². The van der Waals surface area contributed by atoms with Gasteiger partial charge in [-0.2, -0.15) is 4.98 Å². The fraction of sp³-hybridized carbons (Fsp3) is 0.0909. The predicted molar refractivity (Wildman–Crippen MR) is 118 cm³/mol. The Bertz CT molecular complexity index is 1370. The van der Waals surface area contributed by atoms with E-state index in [4.69, 9.17) is 21.3 Å². The molecule has 30 heavy (non-hydrogen) atoms. The summed E-state index contributed by atoms with van der Waals surface area (Å²) in [5.41, 5.74) is 3.93. The number of fused-ring (bicyclic) bond motifs is 3. The highest BCUT2D eigenvalue weighted by Crippen LogP contribution is 2.33. The lowest BCUT2D eigenvalue weighted by Crippen LogP contribution is -2.13. The number of anilines is 2. The molecule has 5 aromatic rings. The zero-order valence-electron chi connectivity index (χ0n) is 16.3. The van der Waals surface area contributed by atoms with Gasteiger partial charge in [0.2, 0.25) is 11.2 Å². The summed E-state index contributed by atoms with van der Waals surface area (Å²) in [5, 5.41) is 9.32. The Morgan fingerprint density at radius 1 is 0.967 bits per heavy atom. The van der Waals surface area contributed by atoms with Crippen LogP contribution in [0, 0.1) is 0 Å². The van der Waals surface area contributed by atoms with E-state index >= 15 is 0 Å². The van der Waals surface area contributed by atoms with E-state index in [-0.39, 0.29) is 5.28 Å². The van der Waals surface area contributed by atoms with Gasteiger partial charge in [-0.3, -0.25) is 0 Å². The molecular weight excluding hydrogens is 400 g/mol. The third-order valence-electron chi connectivity index (χ3n) is 5.03. The van der Waals surface area contributed by atoms with Crippen LogP contribution in [0.5, 0.6) is 5.88 Å². The van der Waals surface area contributed by atoms with Crippen LogP contribution in [0.4, 0.5) is 11.5 Å². The number of methoxy groups -OCH3 is 1. The van der Waals surface area contributed by atoms with Crippen LogP contribution in [0.3, 0.4) is 0 Å². The molecule has 8 heteroatoms. The number of para-hydroxylation sites is 1. The van der Waals surface area contributed by atoms with E-state index in [0.29, 0.717) is 11.7 Å². The van der Waals surface area contributed by atoms with Crippen molar-refractivity contribution in [3.63, 3.8) is 0 Å². The van der Waals surface area contributed by atoms with E-state index in [1.165, 1.54) is 0 Å². The van der Waals surface area contributed by atoms with Gasteiger partial charge < -0.3 is 9.64 Å². The molecule has 148 valence electrons. The van der Waals surface area contributed by atoms with Gasteiger partial charge in [0.15, 0.2) is 0 Å². The van der Waals surface area contributed by atoms with E-state index in [1.54, 1.807) is 17.7 Å². The van der Waals surface area contributed by atoms with E-state index in [0.717, 1.165) is 33.5 Å². The Hall–Kier alpha value is -3.71. The standard InChI is InChI=1S/C22H17ClN6O/c1-28(16-7-5-6-14(12-16)15-10-11-19(30-2)24-13-15)20-17-8-3-4-9-18(17)29-21(23)26-27-22(29)25-20/h3-13H,1-2H3. The molecule has 0 bridgehead atoms. The normalized spacial score (nSPS) is 11.2. The lowest BCUT2D eigenvalue weighted by Gasteiger charge is -2.21. The highest BCUT2D eigenvalue weighted by atomic mass is 35.5. The summed E-state index contributed by atoms with van der Waals surface area (Å²) in [7, 11) is 3.59. The van der Waals surface area contributed by atoms with Crippen molar-refractivity contribution in [3.8, 4) is 17.0 Å². The quantitative estimate of drug-likeness (QED) is 0.420. The van der Waals surface area contributed by atoms with E-state index < -0.39 is 0 Å². The Labute approximate surface area is 177 Å². The van der Waals surface area contributed by atoms with Crippen LogP contribution in [0.2, 0.25) is 5.28 Å². The monoisotopic (exact) mass is 416 g/mol. The molecule has 0 radical (unpaired) electrons. The minimum Gasteiger partial charge on any atom is -0.481 e. The molecule has 0 aliphatic heterocycles. The molecule has 0 saturated carbocycles. The van der Waals surface area contributed by atoms with Crippen LogP contribution >= 0.6 is 11.6 Å². The van der Waals surface area contributed by atoms with E-state index in [1.807, 2.05) is 66.5 Å². The first-order valence-corrected chi connectivity index (χ1v) is 9.67. The number of benzene rings is 2. The molecule has 0 atom stereocenters. The minimum atomic E-state index is 0.289. The van der Waals surface area contributed by atoms with Crippen molar-refractivity contribution >= 4 is 39.8 Å². The van der Waals surface area contributed by atoms with Crippen LogP contribution in [0.1, 0.15) is 0 Å². The molecule has 0 aliphatic carbocycles. The van der Waals surface area contributed by atoms with Crippen molar-refractivity contribution in [2.24, 2.45) is 0 Å². The van der Waals surface area contributed by atoms with Crippen molar-refractivity contribution < 1.29 is 4.74 Å². The summed E-state index contributed by atoms with van der Waals surface area (Å²) in [6, 6.07) is 20.0. The average molecular weight is 417 g/mol. The molecule has 0 aliphatic rings. The first-order valence-electron chi connectivity index (χ1n) is 9.29. The van der Waals surface area contributed by atoms with E-state index in [2.05, 4.69) is 21.2 Å².